The van der Waals surface area contributed by atoms with Crippen LogP contribution in [0.15, 0.2) is 42.5 Å². The van der Waals surface area contributed by atoms with Gasteiger partial charge in [0, 0.05) is 30.8 Å². The second kappa shape index (κ2) is 8.84. The lowest BCUT2D eigenvalue weighted by atomic mass is 10.0. The summed E-state index contributed by atoms with van der Waals surface area (Å²) in [6.45, 7) is 4.59. The summed E-state index contributed by atoms with van der Waals surface area (Å²) in [5.41, 5.74) is 2.34. The summed E-state index contributed by atoms with van der Waals surface area (Å²) < 4.78 is 5.32. The van der Waals surface area contributed by atoms with E-state index in [1.807, 2.05) is 0 Å². The molecular formula is C20H23N3O4. The molecule has 7 nitrogen and oxygen atoms in total. The highest BCUT2D eigenvalue weighted by Gasteiger charge is 2.17. The van der Waals surface area contributed by atoms with Crippen LogP contribution in [0.5, 0.6) is 5.75 Å². The lowest BCUT2D eigenvalue weighted by Crippen LogP contribution is -2.26. The van der Waals surface area contributed by atoms with Crippen LogP contribution in [-0.2, 0) is 9.59 Å². The van der Waals surface area contributed by atoms with Gasteiger partial charge in [0.25, 0.3) is 0 Å². The van der Waals surface area contributed by atoms with Crippen molar-refractivity contribution >= 4 is 34.7 Å². The van der Waals surface area contributed by atoms with Gasteiger partial charge in [-0.3, -0.25) is 14.4 Å². The van der Waals surface area contributed by atoms with Crippen LogP contribution in [0.2, 0.25) is 0 Å². The number of methoxy groups -OCH3 is 1. The Hall–Kier alpha value is -3.35. The second-order valence-corrected chi connectivity index (χ2v) is 6.09. The molecule has 0 spiro atoms. The van der Waals surface area contributed by atoms with Gasteiger partial charge in [-0.15, -0.1) is 0 Å². The summed E-state index contributed by atoms with van der Waals surface area (Å²) in [4.78, 5) is 35.0. The minimum absolute atomic E-state index is 0.114. The van der Waals surface area contributed by atoms with Crippen molar-refractivity contribution in [3.63, 3.8) is 0 Å². The summed E-state index contributed by atoms with van der Waals surface area (Å²) in [5, 5.41) is 8.48. The van der Waals surface area contributed by atoms with Gasteiger partial charge in [-0.25, -0.2) is 0 Å². The third kappa shape index (κ3) is 5.57. The van der Waals surface area contributed by atoms with E-state index in [1.54, 1.807) is 49.4 Å². The first-order valence-corrected chi connectivity index (χ1v) is 8.44. The van der Waals surface area contributed by atoms with E-state index >= 15 is 0 Å². The first-order valence-electron chi connectivity index (χ1n) is 8.44. The predicted octanol–water partition coefficient (Wildman–Crippen LogP) is 3.30. The molecule has 27 heavy (non-hydrogen) atoms. The summed E-state index contributed by atoms with van der Waals surface area (Å²) in [6.07, 6.45) is 0. The molecule has 0 saturated heterocycles. The van der Waals surface area contributed by atoms with E-state index < -0.39 is 6.04 Å². The van der Waals surface area contributed by atoms with Crippen LogP contribution in [0.1, 0.15) is 31.1 Å². The maximum absolute atomic E-state index is 12.7. The molecule has 0 heterocycles. The molecule has 3 N–H and O–H groups in total. The van der Waals surface area contributed by atoms with Crippen molar-refractivity contribution in [1.82, 2.24) is 0 Å². The van der Waals surface area contributed by atoms with Crippen LogP contribution in [0.25, 0.3) is 0 Å². The fourth-order valence-corrected chi connectivity index (χ4v) is 2.57. The van der Waals surface area contributed by atoms with E-state index in [0.29, 0.717) is 28.4 Å². The molecular weight excluding hydrogens is 346 g/mol. The summed E-state index contributed by atoms with van der Waals surface area (Å²) in [7, 11) is 1.53. The Morgan fingerprint density at radius 1 is 0.889 bits per heavy atom. The lowest BCUT2D eigenvalue weighted by Gasteiger charge is -2.18. The highest BCUT2D eigenvalue weighted by Crippen LogP contribution is 2.29. The van der Waals surface area contributed by atoms with Crippen molar-refractivity contribution in [2.75, 3.05) is 23.1 Å². The third-order valence-corrected chi connectivity index (χ3v) is 3.77. The highest BCUT2D eigenvalue weighted by molar-refractivity contribution is 6.02. The van der Waals surface area contributed by atoms with Crippen LogP contribution in [0, 0.1) is 0 Å². The van der Waals surface area contributed by atoms with Crippen molar-refractivity contribution in [3.05, 3.63) is 48.0 Å². The van der Waals surface area contributed by atoms with E-state index in [-0.39, 0.29) is 17.6 Å². The van der Waals surface area contributed by atoms with E-state index in [1.165, 1.54) is 21.0 Å². The van der Waals surface area contributed by atoms with Crippen LogP contribution in [0.3, 0.4) is 0 Å². The van der Waals surface area contributed by atoms with Crippen LogP contribution >= 0.6 is 0 Å². The van der Waals surface area contributed by atoms with Crippen molar-refractivity contribution < 1.29 is 19.1 Å². The molecule has 0 aliphatic carbocycles. The molecule has 0 aliphatic heterocycles. The zero-order valence-electron chi connectivity index (χ0n) is 15.8. The van der Waals surface area contributed by atoms with Crippen LogP contribution < -0.4 is 20.7 Å². The van der Waals surface area contributed by atoms with Gasteiger partial charge in [-0.2, -0.15) is 0 Å². The number of benzene rings is 2. The minimum Gasteiger partial charge on any atom is -0.495 e. The van der Waals surface area contributed by atoms with Crippen molar-refractivity contribution in [3.8, 4) is 5.75 Å². The molecule has 0 aliphatic rings. The molecule has 7 heteroatoms. The Balaban J connectivity index is 2.15. The summed E-state index contributed by atoms with van der Waals surface area (Å²) >= 11 is 0. The molecule has 0 radical (unpaired) electrons. The number of hydrogen-bond acceptors (Lipinski definition) is 5. The Morgan fingerprint density at radius 3 is 2.00 bits per heavy atom. The smallest absolute Gasteiger partial charge is 0.221 e. The molecule has 2 aromatic rings. The van der Waals surface area contributed by atoms with Crippen molar-refractivity contribution in [2.24, 2.45) is 0 Å². The molecule has 2 aromatic carbocycles. The second-order valence-electron chi connectivity index (χ2n) is 6.09. The third-order valence-electron chi connectivity index (χ3n) is 3.77. The number of Topliss-reactive ketones (excluding diaryl/α,β-unsaturated/α-hetero) is 1. The van der Waals surface area contributed by atoms with E-state index in [0.717, 1.165) is 0 Å². The predicted molar refractivity (Wildman–Crippen MR) is 105 cm³/mol. The van der Waals surface area contributed by atoms with E-state index in [9.17, 15) is 14.4 Å². The molecule has 142 valence electrons. The van der Waals surface area contributed by atoms with Gasteiger partial charge in [-0.1, -0.05) is 0 Å². The van der Waals surface area contributed by atoms with Gasteiger partial charge >= 0.3 is 0 Å². The Bertz CT molecular complexity index is 847. The van der Waals surface area contributed by atoms with Gasteiger partial charge in [0.05, 0.1) is 18.8 Å². The number of anilines is 3. The number of carbonyl (C=O) groups excluding carboxylic acids is 3. The maximum Gasteiger partial charge on any atom is 0.221 e. The Morgan fingerprint density at radius 2 is 1.44 bits per heavy atom. The van der Waals surface area contributed by atoms with Gasteiger partial charge in [-0.05, 0) is 49.4 Å². The lowest BCUT2D eigenvalue weighted by molar-refractivity contribution is -0.115. The highest BCUT2D eigenvalue weighted by atomic mass is 16.5. The molecule has 2 rings (SSSR count). The van der Waals surface area contributed by atoms with Gasteiger partial charge in [0.2, 0.25) is 11.8 Å². The molecule has 0 bridgehead atoms. The number of carbonyl (C=O) groups is 3. The molecule has 1 unspecified atom stereocenters. The average molecular weight is 369 g/mol. The largest absolute Gasteiger partial charge is 0.495 e. The molecule has 2 amide bonds. The SMILES string of the molecule is COc1ccc(NC(C)=O)cc1NC(C)C(=O)c1ccc(NC(C)=O)cc1. The Labute approximate surface area is 158 Å². The first-order chi connectivity index (χ1) is 12.8. The van der Waals surface area contributed by atoms with Gasteiger partial charge in [0.15, 0.2) is 5.78 Å². The zero-order chi connectivity index (χ0) is 20.0. The monoisotopic (exact) mass is 369 g/mol. The molecule has 0 saturated carbocycles. The van der Waals surface area contributed by atoms with E-state index in [4.69, 9.17) is 4.74 Å². The first kappa shape index (κ1) is 20.0. The quantitative estimate of drug-likeness (QED) is 0.651. The number of hydrogen-bond donors (Lipinski definition) is 3. The fraction of sp³-hybridized carbons (Fsp3) is 0.250. The van der Waals surface area contributed by atoms with Crippen LogP contribution in [0.4, 0.5) is 17.1 Å². The standard InChI is InChI=1S/C20H23N3O4/c1-12(20(26)15-5-7-16(8-6-15)22-13(2)24)21-18-11-17(23-14(3)25)9-10-19(18)27-4/h5-12,21H,1-4H3,(H,22,24)(H,23,25). The van der Waals surface area contributed by atoms with Crippen LogP contribution in [-0.4, -0.2) is 30.7 Å². The minimum atomic E-state index is -0.530. The fourth-order valence-electron chi connectivity index (χ4n) is 2.57. The number of ether oxygens (including phenoxy) is 1. The summed E-state index contributed by atoms with van der Waals surface area (Å²) in [6, 6.07) is 11.3. The van der Waals surface area contributed by atoms with Crippen molar-refractivity contribution in [2.45, 2.75) is 26.8 Å². The van der Waals surface area contributed by atoms with E-state index in [2.05, 4.69) is 16.0 Å². The number of rotatable bonds is 7. The van der Waals surface area contributed by atoms with Crippen molar-refractivity contribution in [1.29, 1.82) is 0 Å². The number of nitrogens with one attached hydrogen (secondary N) is 3. The molecule has 0 fully saturated rings. The normalized spacial score (nSPS) is 11.3. The van der Waals surface area contributed by atoms with Gasteiger partial charge < -0.3 is 20.7 Å². The number of ketones is 1. The zero-order valence-corrected chi connectivity index (χ0v) is 15.8. The number of amides is 2. The van der Waals surface area contributed by atoms with Gasteiger partial charge in [0.1, 0.15) is 5.75 Å². The molecule has 1 atom stereocenters. The average Bonchev–Trinajstić information content (AvgIpc) is 2.61. The summed E-state index contributed by atoms with van der Waals surface area (Å²) in [5.74, 6) is 0.0888. The maximum atomic E-state index is 12.7. The Kier molecular flexibility index (Phi) is 6.54. The topological polar surface area (TPSA) is 96.5 Å². The molecule has 0 aromatic heterocycles.